The molecule has 0 aromatic carbocycles. The topological polar surface area (TPSA) is 98.4 Å². The zero-order chi connectivity index (χ0) is 16.4. The van der Waals surface area contributed by atoms with Crippen LogP contribution in [0, 0.1) is 0 Å². The molecule has 0 spiro atoms. The van der Waals surface area contributed by atoms with Gasteiger partial charge < -0.3 is 10.2 Å². The minimum atomic E-state index is -0.529. The second-order valence-electron chi connectivity index (χ2n) is 5.14. The lowest BCUT2D eigenvalue weighted by Gasteiger charge is -2.19. The molecule has 2 aromatic rings. The van der Waals surface area contributed by atoms with Crippen LogP contribution in [0.3, 0.4) is 0 Å². The van der Waals surface area contributed by atoms with Gasteiger partial charge in [-0.1, -0.05) is 6.07 Å². The maximum Gasteiger partial charge on any atom is 0.325 e. The Kier molecular flexibility index (Phi) is 4.11. The summed E-state index contributed by atoms with van der Waals surface area (Å²) in [5.41, 5.74) is 1.60. The third-order valence-electron chi connectivity index (χ3n) is 3.47. The Balaban J connectivity index is 1.60. The predicted molar refractivity (Wildman–Crippen MR) is 83.5 cm³/mol. The Labute approximate surface area is 136 Å². The Morgan fingerprint density at radius 2 is 2.30 bits per heavy atom. The van der Waals surface area contributed by atoms with Gasteiger partial charge in [0.1, 0.15) is 12.2 Å². The van der Waals surface area contributed by atoms with Crippen LogP contribution in [-0.2, 0) is 16.1 Å². The van der Waals surface area contributed by atoms with Crippen LogP contribution < -0.4 is 5.32 Å². The summed E-state index contributed by atoms with van der Waals surface area (Å²) in [5.74, 6) is -0.707. The Hall–Kier alpha value is -2.68. The molecular formula is C14H15N5O3S. The fourth-order valence-corrected chi connectivity index (χ4v) is 2.89. The van der Waals surface area contributed by atoms with Gasteiger partial charge in [-0.15, -0.1) is 11.3 Å². The van der Waals surface area contributed by atoms with E-state index >= 15 is 0 Å². The highest BCUT2D eigenvalue weighted by atomic mass is 32.1. The van der Waals surface area contributed by atoms with Crippen LogP contribution in [0.2, 0.25) is 0 Å². The molecule has 3 rings (SSSR count). The third-order valence-corrected chi connectivity index (χ3v) is 4.36. The molecule has 23 heavy (non-hydrogen) atoms. The number of carbonyl (C=O) groups is 3. The molecule has 0 unspecified atom stereocenters. The van der Waals surface area contributed by atoms with E-state index in [1.165, 1.54) is 4.90 Å². The molecule has 2 aromatic heterocycles. The van der Waals surface area contributed by atoms with Crippen LogP contribution in [0.15, 0.2) is 23.6 Å². The van der Waals surface area contributed by atoms with E-state index in [-0.39, 0.29) is 19.0 Å². The largest absolute Gasteiger partial charge is 0.338 e. The number of amides is 4. The molecule has 120 valence electrons. The number of nitrogens with one attached hydrogen (secondary N) is 2. The molecule has 9 heteroatoms. The van der Waals surface area contributed by atoms with Crippen LogP contribution in [0.25, 0.3) is 10.6 Å². The smallest absolute Gasteiger partial charge is 0.325 e. The van der Waals surface area contributed by atoms with Crippen molar-refractivity contribution in [2.45, 2.75) is 6.54 Å². The Morgan fingerprint density at radius 1 is 1.48 bits per heavy atom. The number of urea groups is 1. The molecule has 0 saturated carbocycles. The van der Waals surface area contributed by atoms with Crippen LogP contribution in [0.1, 0.15) is 5.69 Å². The van der Waals surface area contributed by atoms with Crippen LogP contribution in [0.5, 0.6) is 0 Å². The number of carbonyl (C=O) groups excluding carboxylic acids is 3. The highest BCUT2D eigenvalue weighted by molar-refractivity contribution is 7.13. The fourth-order valence-electron chi connectivity index (χ4n) is 2.21. The van der Waals surface area contributed by atoms with Crippen molar-refractivity contribution in [3.8, 4) is 10.6 Å². The maximum atomic E-state index is 12.1. The summed E-state index contributed by atoms with van der Waals surface area (Å²) in [6.07, 6.45) is 0. The average Bonchev–Trinajstić information content (AvgIpc) is 3.24. The monoisotopic (exact) mass is 333 g/mol. The third kappa shape index (κ3) is 3.24. The van der Waals surface area contributed by atoms with Crippen molar-refractivity contribution in [3.63, 3.8) is 0 Å². The molecule has 0 atom stereocenters. The van der Waals surface area contributed by atoms with Crippen LogP contribution >= 0.6 is 11.3 Å². The Morgan fingerprint density at radius 3 is 2.96 bits per heavy atom. The molecule has 0 bridgehead atoms. The first-order valence-electron chi connectivity index (χ1n) is 6.95. The first-order valence-corrected chi connectivity index (χ1v) is 7.83. The first-order chi connectivity index (χ1) is 11.0. The van der Waals surface area contributed by atoms with Crippen LogP contribution in [-0.4, -0.2) is 58.0 Å². The van der Waals surface area contributed by atoms with E-state index in [0.717, 1.165) is 21.2 Å². The molecule has 1 aliphatic heterocycles. The van der Waals surface area contributed by atoms with Gasteiger partial charge >= 0.3 is 6.03 Å². The van der Waals surface area contributed by atoms with Crippen molar-refractivity contribution in [1.29, 1.82) is 0 Å². The maximum absolute atomic E-state index is 12.1. The number of nitrogens with zero attached hydrogens (tertiary/aromatic N) is 3. The number of rotatable bonds is 5. The van der Waals surface area contributed by atoms with E-state index in [0.29, 0.717) is 6.54 Å². The minimum Gasteiger partial charge on any atom is -0.338 e. The van der Waals surface area contributed by atoms with Gasteiger partial charge in [-0.3, -0.25) is 19.6 Å². The number of hydrogen-bond donors (Lipinski definition) is 2. The number of H-pyrrole nitrogens is 1. The average molecular weight is 333 g/mol. The van der Waals surface area contributed by atoms with E-state index in [4.69, 9.17) is 0 Å². The van der Waals surface area contributed by atoms with Crippen molar-refractivity contribution in [3.05, 3.63) is 29.3 Å². The zero-order valence-corrected chi connectivity index (χ0v) is 13.2. The quantitative estimate of drug-likeness (QED) is 0.785. The Bertz CT molecular complexity index is 723. The zero-order valence-electron chi connectivity index (χ0n) is 12.4. The van der Waals surface area contributed by atoms with Crippen molar-refractivity contribution in [2.24, 2.45) is 0 Å². The van der Waals surface area contributed by atoms with Crippen molar-refractivity contribution < 1.29 is 14.4 Å². The molecule has 2 N–H and O–H groups in total. The van der Waals surface area contributed by atoms with Gasteiger partial charge in [-0.25, -0.2) is 4.79 Å². The van der Waals surface area contributed by atoms with Gasteiger partial charge in [0.05, 0.1) is 23.7 Å². The number of hydrogen-bond acceptors (Lipinski definition) is 5. The number of aromatic amines is 1. The summed E-state index contributed by atoms with van der Waals surface area (Å²) in [6, 6.07) is 5.26. The van der Waals surface area contributed by atoms with Crippen molar-refractivity contribution in [2.75, 3.05) is 20.1 Å². The van der Waals surface area contributed by atoms with Crippen molar-refractivity contribution in [1.82, 2.24) is 25.3 Å². The first kappa shape index (κ1) is 15.2. The summed E-state index contributed by atoms with van der Waals surface area (Å²) in [6.45, 7) is 0.00843. The summed E-state index contributed by atoms with van der Waals surface area (Å²) >= 11 is 1.58. The number of likely N-dealkylation sites (N-methyl/N-ethyl adjacent to an activating group) is 1. The lowest BCUT2D eigenvalue weighted by molar-refractivity contribution is -0.135. The normalized spacial score (nSPS) is 14.2. The SMILES string of the molecule is CN(Cc1cc(-c2cccs2)n[nH]1)C(=O)CN1C(=O)CNC1=O. The lowest BCUT2D eigenvalue weighted by atomic mass is 10.3. The van der Waals surface area contributed by atoms with E-state index < -0.39 is 11.9 Å². The van der Waals surface area contributed by atoms with Gasteiger partial charge in [0.15, 0.2) is 0 Å². The summed E-state index contributed by atoms with van der Waals surface area (Å²) < 4.78 is 0. The number of imide groups is 1. The van der Waals surface area contributed by atoms with E-state index in [1.807, 2.05) is 23.6 Å². The standard InChI is InChI=1S/C14H15N5O3S/c1-18(13(21)8-19-12(20)6-15-14(19)22)7-9-5-10(17-16-9)11-3-2-4-23-11/h2-5H,6-8H2,1H3,(H,15,22)(H,16,17). The number of thiophene rings is 1. The van der Waals surface area contributed by atoms with E-state index in [1.54, 1.807) is 18.4 Å². The van der Waals surface area contributed by atoms with Gasteiger partial charge in [0.25, 0.3) is 5.91 Å². The summed E-state index contributed by atoms with van der Waals surface area (Å²) in [7, 11) is 1.62. The molecule has 0 radical (unpaired) electrons. The molecule has 8 nitrogen and oxygen atoms in total. The second-order valence-corrected chi connectivity index (χ2v) is 6.09. The molecule has 4 amide bonds. The van der Waals surface area contributed by atoms with Crippen molar-refractivity contribution >= 4 is 29.2 Å². The minimum absolute atomic E-state index is 0.0550. The molecule has 1 aliphatic rings. The number of aromatic nitrogens is 2. The van der Waals surface area contributed by atoms with E-state index in [9.17, 15) is 14.4 Å². The highest BCUT2D eigenvalue weighted by Crippen LogP contribution is 2.23. The lowest BCUT2D eigenvalue weighted by Crippen LogP contribution is -2.41. The molecular weight excluding hydrogens is 318 g/mol. The van der Waals surface area contributed by atoms with E-state index in [2.05, 4.69) is 15.5 Å². The summed E-state index contributed by atoms with van der Waals surface area (Å²) in [4.78, 5) is 38.5. The molecule has 1 fully saturated rings. The van der Waals surface area contributed by atoms with Gasteiger partial charge in [-0.05, 0) is 17.5 Å². The molecule has 0 aliphatic carbocycles. The van der Waals surface area contributed by atoms with Gasteiger partial charge in [0, 0.05) is 7.05 Å². The fraction of sp³-hybridized carbons (Fsp3) is 0.286. The summed E-state index contributed by atoms with van der Waals surface area (Å²) in [5, 5.41) is 11.5. The molecule has 1 saturated heterocycles. The second kappa shape index (κ2) is 6.21. The van der Waals surface area contributed by atoms with Gasteiger partial charge in [-0.2, -0.15) is 5.10 Å². The van der Waals surface area contributed by atoms with Crippen LogP contribution in [0.4, 0.5) is 4.79 Å². The predicted octanol–water partition coefficient (Wildman–Crippen LogP) is 0.648. The van der Waals surface area contributed by atoms with Gasteiger partial charge in [0.2, 0.25) is 5.91 Å². The highest BCUT2D eigenvalue weighted by Gasteiger charge is 2.31. The molecule has 3 heterocycles.